The maximum absolute atomic E-state index is 2.56. The van der Waals surface area contributed by atoms with Gasteiger partial charge in [0, 0.05) is 52.8 Å². The fourth-order valence-corrected chi connectivity index (χ4v) is 9.29. The summed E-state index contributed by atoms with van der Waals surface area (Å²) in [5.74, 6) is 0. The molecule has 0 amide bonds. The number of fused-ring (bicyclic) bond motifs is 10. The topological polar surface area (TPSA) is 9.86 Å². The minimum absolute atomic E-state index is 1.17. The van der Waals surface area contributed by atoms with Crippen LogP contribution in [0.25, 0.3) is 96.7 Å². The van der Waals surface area contributed by atoms with E-state index in [1.807, 2.05) is 11.3 Å². The molecular formula is C42H24N2S. The summed E-state index contributed by atoms with van der Waals surface area (Å²) in [6.45, 7) is 0. The predicted octanol–water partition coefficient (Wildman–Crippen LogP) is 12.0. The summed E-state index contributed by atoms with van der Waals surface area (Å²) in [6, 6.07) is 53.8. The van der Waals surface area contributed by atoms with Gasteiger partial charge in [-0.1, -0.05) is 103 Å². The normalized spacial score (nSPS) is 12.4. The maximum atomic E-state index is 2.56. The van der Waals surface area contributed by atoms with Gasteiger partial charge in [0.15, 0.2) is 0 Å². The van der Waals surface area contributed by atoms with Crippen LogP contribution in [0.1, 0.15) is 0 Å². The molecule has 3 heterocycles. The van der Waals surface area contributed by atoms with E-state index in [1.54, 1.807) is 0 Å². The van der Waals surface area contributed by atoms with Crippen LogP contribution in [0.3, 0.4) is 0 Å². The SMILES string of the molecule is c1ccc(-n2c3ccccc3c3ccc4c5ccccc5n(-c5cccc6c7cccc8sc9cccc(c56)c9c87)c4c32)cc1. The molecule has 0 N–H and O–H groups in total. The fraction of sp³-hybridized carbons (Fsp3) is 0. The number of thiophene rings is 1. The Bertz CT molecular complexity index is 2970. The fourth-order valence-electron chi connectivity index (χ4n) is 8.13. The highest BCUT2D eigenvalue weighted by Gasteiger charge is 2.23. The average Bonchev–Trinajstić information content (AvgIpc) is 3.76. The Morgan fingerprint density at radius 1 is 0.333 bits per heavy atom. The van der Waals surface area contributed by atoms with Gasteiger partial charge in [-0.05, 0) is 58.6 Å². The molecule has 3 aromatic heterocycles. The van der Waals surface area contributed by atoms with Crippen LogP contribution in [-0.2, 0) is 0 Å². The molecule has 11 aromatic rings. The summed E-state index contributed by atoms with van der Waals surface area (Å²) in [5, 5.41) is 13.1. The van der Waals surface area contributed by atoms with Gasteiger partial charge in [-0.25, -0.2) is 0 Å². The number of nitrogens with zero attached hydrogens (tertiary/aromatic N) is 2. The number of hydrogen-bond donors (Lipinski definition) is 0. The van der Waals surface area contributed by atoms with E-state index in [1.165, 1.54) is 96.7 Å². The largest absolute Gasteiger partial charge is 0.307 e. The molecule has 0 aliphatic heterocycles. The van der Waals surface area contributed by atoms with Crippen LogP contribution in [0.5, 0.6) is 0 Å². The Hall–Kier alpha value is -5.64. The summed E-state index contributed by atoms with van der Waals surface area (Å²) in [4.78, 5) is 0. The van der Waals surface area contributed by atoms with Crippen LogP contribution in [0.4, 0.5) is 0 Å². The molecule has 0 unspecified atom stereocenters. The van der Waals surface area contributed by atoms with Gasteiger partial charge in [0.05, 0.1) is 27.8 Å². The number of para-hydroxylation sites is 3. The highest BCUT2D eigenvalue weighted by atomic mass is 32.1. The zero-order valence-corrected chi connectivity index (χ0v) is 25.0. The Kier molecular flexibility index (Phi) is 4.49. The molecule has 0 bridgehead atoms. The molecular weight excluding hydrogens is 565 g/mol. The van der Waals surface area contributed by atoms with Crippen molar-refractivity contribution in [3.63, 3.8) is 0 Å². The highest BCUT2D eigenvalue weighted by Crippen LogP contribution is 2.48. The summed E-state index contributed by atoms with van der Waals surface area (Å²) in [6.07, 6.45) is 0. The van der Waals surface area contributed by atoms with E-state index in [0.29, 0.717) is 0 Å². The Labute approximate surface area is 261 Å². The van der Waals surface area contributed by atoms with Gasteiger partial charge in [0.25, 0.3) is 0 Å². The lowest BCUT2D eigenvalue weighted by molar-refractivity contribution is 1.16. The number of benzene rings is 8. The third kappa shape index (κ3) is 2.94. The molecule has 0 aliphatic carbocycles. The molecule has 3 heteroatoms. The number of aromatic nitrogens is 2. The summed E-state index contributed by atoms with van der Waals surface area (Å²) in [5.41, 5.74) is 7.31. The van der Waals surface area contributed by atoms with E-state index in [0.717, 1.165) is 0 Å². The van der Waals surface area contributed by atoms with Gasteiger partial charge in [0.2, 0.25) is 0 Å². The minimum atomic E-state index is 1.17. The van der Waals surface area contributed by atoms with Gasteiger partial charge in [-0.15, -0.1) is 11.3 Å². The maximum Gasteiger partial charge on any atom is 0.0789 e. The van der Waals surface area contributed by atoms with Crippen LogP contribution in [0.15, 0.2) is 146 Å². The molecule has 0 fully saturated rings. The summed E-state index contributed by atoms with van der Waals surface area (Å²) in [7, 11) is 0. The van der Waals surface area contributed by atoms with Gasteiger partial charge in [0.1, 0.15) is 0 Å². The number of hydrogen-bond acceptors (Lipinski definition) is 1. The first-order valence-electron chi connectivity index (χ1n) is 15.5. The van der Waals surface area contributed by atoms with E-state index in [2.05, 4.69) is 155 Å². The monoisotopic (exact) mass is 588 g/mol. The van der Waals surface area contributed by atoms with Crippen LogP contribution < -0.4 is 0 Å². The van der Waals surface area contributed by atoms with Crippen molar-refractivity contribution in [1.82, 2.24) is 9.13 Å². The standard InChI is InChI=1S/C42H24N2S/c1-2-11-25(12-3-1)43-33-18-6-4-13-26(33)30-23-24-31-27-14-5-7-19-34(27)44(42(31)41(30)43)35-20-8-15-28-29-16-9-21-36-39(29)40-32(38(28)35)17-10-22-37(40)45-36/h1-24H. The average molecular weight is 589 g/mol. The van der Waals surface area contributed by atoms with E-state index in [9.17, 15) is 0 Å². The van der Waals surface area contributed by atoms with Crippen molar-refractivity contribution in [1.29, 1.82) is 0 Å². The Balaban J connectivity index is 1.43. The third-order valence-electron chi connectivity index (χ3n) is 9.85. The third-order valence-corrected chi connectivity index (χ3v) is 11.0. The first kappa shape index (κ1) is 23.8. The zero-order valence-electron chi connectivity index (χ0n) is 24.2. The van der Waals surface area contributed by atoms with Crippen molar-refractivity contribution < 1.29 is 0 Å². The minimum Gasteiger partial charge on any atom is -0.307 e. The van der Waals surface area contributed by atoms with Crippen molar-refractivity contribution in [2.24, 2.45) is 0 Å². The zero-order chi connectivity index (χ0) is 29.2. The predicted molar refractivity (Wildman–Crippen MR) is 194 cm³/mol. The molecule has 0 spiro atoms. The van der Waals surface area contributed by atoms with Gasteiger partial charge >= 0.3 is 0 Å². The van der Waals surface area contributed by atoms with Crippen molar-refractivity contribution >= 4 is 96.7 Å². The molecule has 0 atom stereocenters. The first-order valence-corrected chi connectivity index (χ1v) is 16.3. The highest BCUT2D eigenvalue weighted by molar-refractivity contribution is 7.26. The summed E-state index contributed by atoms with van der Waals surface area (Å²) >= 11 is 1.90. The first-order chi connectivity index (χ1) is 22.4. The van der Waals surface area contributed by atoms with E-state index < -0.39 is 0 Å². The molecule has 0 aliphatic rings. The molecule has 11 rings (SSSR count). The van der Waals surface area contributed by atoms with Gasteiger partial charge < -0.3 is 9.13 Å². The Morgan fingerprint density at radius 2 is 0.844 bits per heavy atom. The molecule has 8 aromatic carbocycles. The van der Waals surface area contributed by atoms with E-state index >= 15 is 0 Å². The quantitative estimate of drug-likeness (QED) is 0.178. The van der Waals surface area contributed by atoms with Crippen molar-refractivity contribution in [3.05, 3.63) is 146 Å². The lowest BCUT2D eigenvalue weighted by atomic mass is 9.93. The van der Waals surface area contributed by atoms with Crippen molar-refractivity contribution in [2.75, 3.05) is 0 Å². The molecule has 0 saturated carbocycles. The Morgan fingerprint density at radius 3 is 1.56 bits per heavy atom. The second-order valence-electron chi connectivity index (χ2n) is 12.1. The number of rotatable bonds is 2. The lowest BCUT2D eigenvalue weighted by Gasteiger charge is -2.17. The lowest BCUT2D eigenvalue weighted by Crippen LogP contribution is -1.99. The van der Waals surface area contributed by atoms with Crippen LogP contribution in [0, 0.1) is 0 Å². The van der Waals surface area contributed by atoms with Crippen LogP contribution in [0.2, 0.25) is 0 Å². The van der Waals surface area contributed by atoms with E-state index in [4.69, 9.17) is 0 Å². The second-order valence-corrected chi connectivity index (χ2v) is 13.1. The smallest absolute Gasteiger partial charge is 0.0789 e. The van der Waals surface area contributed by atoms with E-state index in [-0.39, 0.29) is 0 Å². The van der Waals surface area contributed by atoms with Crippen LogP contribution in [-0.4, -0.2) is 9.13 Å². The summed E-state index contributed by atoms with van der Waals surface area (Å²) < 4.78 is 7.73. The molecule has 2 nitrogen and oxygen atoms in total. The van der Waals surface area contributed by atoms with Crippen molar-refractivity contribution in [2.45, 2.75) is 0 Å². The molecule has 0 saturated heterocycles. The van der Waals surface area contributed by atoms with Gasteiger partial charge in [-0.2, -0.15) is 0 Å². The molecule has 208 valence electrons. The molecule has 0 radical (unpaired) electrons. The second kappa shape index (κ2) is 8.50. The molecule has 45 heavy (non-hydrogen) atoms. The van der Waals surface area contributed by atoms with Gasteiger partial charge in [-0.3, -0.25) is 0 Å². The van der Waals surface area contributed by atoms with Crippen LogP contribution >= 0.6 is 11.3 Å². The van der Waals surface area contributed by atoms with Crippen molar-refractivity contribution in [3.8, 4) is 11.4 Å².